The van der Waals surface area contributed by atoms with Crippen molar-refractivity contribution in [1.82, 2.24) is 29.8 Å². The molecule has 0 radical (unpaired) electrons. The summed E-state index contributed by atoms with van der Waals surface area (Å²) >= 11 is 1.25. The van der Waals surface area contributed by atoms with Crippen LogP contribution in [-0.2, 0) is 5.75 Å². The number of rotatable bonds is 7. The molecule has 4 aromatic carbocycles. The van der Waals surface area contributed by atoms with Crippen molar-refractivity contribution in [3.05, 3.63) is 108 Å². The van der Waals surface area contributed by atoms with Gasteiger partial charge in [-0.25, -0.2) is 14.3 Å². The van der Waals surface area contributed by atoms with Crippen LogP contribution in [0.1, 0.15) is 21.7 Å². The highest BCUT2D eigenvalue weighted by molar-refractivity contribution is 7.98. The van der Waals surface area contributed by atoms with Gasteiger partial charge in [0.2, 0.25) is 5.16 Å². The van der Waals surface area contributed by atoms with Gasteiger partial charge in [0, 0.05) is 28.9 Å². The van der Waals surface area contributed by atoms with E-state index in [0.717, 1.165) is 5.56 Å². The molecule has 0 atom stereocenters. The van der Waals surface area contributed by atoms with Crippen molar-refractivity contribution in [3.8, 4) is 22.9 Å². The molecular formula is C30H23N7O5S. The molecule has 43 heavy (non-hydrogen) atoms. The van der Waals surface area contributed by atoms with Gasteiger partial charge in [-0.05, 0) is 59.3 Å². The second-order valence-electron chi connectivity index (χ2n) is 9.35. The molecule has 13 heteroatoms. The number of hydrogen-bond acceptors (Lipinski definition) is 10. The Hall–Kier alpha value is -5.69. The summed E-state index contributed by atoms with van der Waals surface area (Å²) in [6.07, 6.45) is 2.18. The first kappa shape index (κ1) is 27.5. The molecular weight excluding hydrogens is 570 g/mol. The number of nitrogens with one attached hydrogen (secondary N) is 1. The van der Waals surface area contributed by atoms with Gasteiger partial charge in [0.15, 0.2) is 0 Å². The van der Waals surface area contributed by atoms with Gasteiger partial charge in [0.1, 0.15) is 23.1 Å². The van der Waals surface area contributed by atoms with E-state index in [1.807, 2.05) is 19.1 Å². The van der Waals surface area contributed by atoms with E-state index in [0.29, 0.717) is 33.1 Å². The second-order valence-corrected chi connectivity index (χ2v) is 10.3. The van der Waals surface area contributed by atoms with Gasteiger partial charge in [0.05, 0.1) is 17.0 Å². The number of nitrogens with zero attached hydrogens (tertiary/aromatic N) is 6. The Morgan fingerprint density at radius 1 is 0.977 bits per heavy atom. The first-order chi connectivity index (χ1) is 20.9. The van der Waals surface area contributed by atoms with Crippen LogP contribution >= 0.6 is 11.8 Å². The number of para-hydroxylation sites is 1. The van der Waals surface area contributed by atoms with E-state index < -0.39 is 12.0 Å². The number of amides is 1. The lowest BCUT2D eigenvalue weighted by Crippen LogP contribution is -2.19. The average molecular weight is 594 g/mol. The van der Waals surface area contributed by atoms with E-state index in [9.17, 15) is 19.8 Å². The number of thioether (sulfide) groups is 1. The number of tetrazole rings is 1. The van der Waals surface area contributed by atoms with Gasteiger partial charge in [-0.1, -0.05) is 54.2 Å². The lowest BCUT2D eigenvalue weighted by molar-refractivity contribution is 0.102. The summed E-state index contributed by atoms with van der Waals surface area (Å²) in [6.45, 7) is 1.86. The molecule has 0 aliphatic heterocycles. The minimum atomic E-state index is -0.757. The summed E-state index contributed by atoms with van der Waals surface area (Å²) in [5.74, 6) is 0.0225. The van der Waals surface area contributed by atoms with Crippen LogP contribution in [0, 0.1) is 6.92 Å². The summed E-state index contributed by atoms with van der Waals surface area (Å²) < 4.78 is 8.54. The van der Waals surface area contributed by atoms with Gasteiger partial charge in [-0.15, -0.1) is 5.10 Å². The highest BCUT2D eigenvalue weighted by Crippen LogP contribution is 2.37. The zero-order valence-electron chi connectivity index (χ0n) is 22.6. The molecule has 6 aromatic rings. The average Bonchev–Trinajstić information content (AvgIpc) is 3.69. The quantitative estimate of drug-likeness (QED) is 0.207. The number of imidazole rings is 1. The number of fused-ring (bicyclic) bond motifs is 1. The monoisotopic (exact) mass is 593 g/mol. The molecule has 0 aliphatic carbocycles. The fraction of sp³-hybridized carbons (Fsp3) is 0.0667. The van der Waals surface area contributed by atoms with Crippen molar-refractivity contribution < 1.29 is 24.5 Å². The SMILES string of the molecule is Cc1ccccc1NC(=O)c1cc(OC(=O)n2ccnc2CSc2nnnn2-c2ccc(O)cc2)c2ccccc2c1O. The fourth-order valence-corrected chi connectivity index (χ4v) is 5.22. The largest absolute Gasteiger partial charge is 0.508 e. The van der Waals surface area contributed by atoms with Crippen molar-refractivity contribution in [2.24, 2.45) is 0 Å². The summed E-state index contributed by atoms with van der Waals surface area (Å²) in [6, 6.07) is 21.8. The van der Waals surface area contributed by atoms with E-state index in [1.54, 1.807) is 48.5 Å². The van der Waals surface area contributed by atoms with Crippen LogP contribution in [0.25, 0.3) is 16.5 Å². The Morgan fingerprint density at radius 2 is 1.72 bits per heavy atom. The maximum atomic E-state index is 13.4. The number of ether oxygens (including phenoxy) is 1. The van der Waals surface area contributed by atoms with Gasteiger partial charge in [-0.2, -0.15) is 4.68 Å². The minimum Gasteiger partial charge on any atom is -0.508 e. The summed E-state index contributed by atoms with van der Waals surface area (Å²) in [5.41, 5.74) is 2.04. The molecule has 0 saturated heterocycles. The van der Waals surface area contributed by atoms with Crippen LogP contribution < -0.4 is 10.1 Å². The van der Waals surface area contributed by atoms with Crippen LogP contribution in [0.15, 0.2) is 96.4 Å². The molecule has 2 aromatic heterocycles. The van der Waals surface area contributed by atoms with Gasteiger partial charge in [0.25, 0.3) is 5.91 Å². The molecule has 0 aliphatic rings. The van der Waals surface area contributed by atoms with Crippen LogP contribution in [0.5, 0.6) is 17.2 Å². The minimum absolute atomic E-state index is 0.0489. The third kappa shape index (κ3) is 5.61. The molecule has 1 amide bonds. The molecule has 12 nitrogen and oxygen atoms in total. The Kier molecular flexibility index (Phi) is 7.45. The third-order valence-corrected chi connectivity index (χ3v) is 7.51. The molecule has 6 rings (SSSR count). The Bertz CT molecular complexity index is 1970. The van der Waals surface area contributed by atoms with Gasteiger partial charge >= 0.3 is 6.09 Å². The van der Waals surface area contributed by atoms with E-state index in [4.69, 9.17) is 4.74 Å². The lowest BCUT2D eigenvalue weighted by atomic mass is 10.0. The van der Waals surface area contributed by atoms with Crippen molar-refractivity contribution in [1.29, 1.82) is 0 Å². The van der Waals surface area contributed by atoms with Crippen molar-refractivity contribution >= 4 is 40.2 Å². The number of aromatic hydroxyl groups is 2. The Morgan fingerprint density at radius 3 is 2.51 bits per heavy atom. The van der Waals surface area contributed by atoms with E-state index in [-0.39, 0.29) is 28.6 Å². The highest BCUT2D eigenvalue weighted by Gasteiger charge is 2.22. The predicted molar refractivity (Wildman–Crippen MR) is 159 cm³/mol. The zero-order chi connectivity index (χ0) is 29.9. The normalized spacial score (nSPS) is 11.0. The molecule has 214 valence electrons. The second kappa shape index (κ2) is 11.7. The molecule has 0 fully saturated rings. The van der Waals surface area contributed by atoms with Crippen LogP contribution in [-0.4, -0.2) is 52.0 Å². The van der Waals surface area contributed by atoms with Crippen LogP contribution in [0.4, 0.5) is 10.5 Å². The maximum absolute atomic E-state index is 13.4. The smallest absolute Gasteiger partial charge is 0.424 e. The van der Waals surface area contributed by atoms with E-state index in [2.05, 4.69) is 25.8 Å². The molecule has 0 unspecified atom stereocenters. The first-order valence-electron chi connectivity index (χ1n) is 13.0. The number of benzene rings is 4. The van der Waals surface area contributed by atoms with Crippen molar-refractivity contribution in [2.45, 2.75) is 17.8 Å². The number of aromatic nitrogens is 6. The first-order valence-corrected chi connectivity index (χ1v) is 13.9. The number of aryl methyl sites for hydroxylation is 1. The molecule has 3 N–H and O–H groups in total. The Labute approximate surface area is 248 Å². The number of carbonyl (C=O) groups is 2. The van der Waals surface area contributed by atoms with Crippen LogP contribution in [0.2, 0.25) is 0 Å². The van der Waals surface area contributed by atoms with E-state index >= 15 is 0 Å². The molecule has 2 heterocycles. The van der Waals surface area contributed by atoms with Gasteiger partial charge in [-0.3, -0.25) is 4.79 Å². The summed E-state index contributed by atoms with van der Waals surface area (Å²) in [5, 5.41) is 36.4. The molecule has 0 spiro atoms. The number of phenols is 2. The number of carbonyl (C=O) groups excluding carboxylic acids is 2. The third-order valence-electron chi connectivity index (χ3n) is 6.59. The summed E-state index contributed by atoms with van der Waals surface area (Å²) in [7, 11) is 0. The van der Waals surface area contributed by atoms with Crippen molar-refractivity contribution in [3.63, 3.8) is 0 Å². The van der Waals surface area contributed by atoms with E-state index in [1.165, 1.54) is 51.6 Å². The summed E-state index contributed by atoms with van der Waals surface area (Å²) in [4.78, 5) is 30.9. The lowest BCUT2D eigenvalue weighted by Gasteiger charge is -2.14. The molecule has 0 bridgehead atoms. The van der Waals surface area contributed by atoms with Crippen LogP contribution in [0.3, 0.4) is 0 Å². The highest BCUT2D eigenvalue weighted by atomic mass is 32.2. The number of phenolic OH excluding ortho intramolecular Hbond substituents is 2. The predicted octanol–water partition coefficient (Wildman–Crippen LogP) is 5.32. The standard InChI is InChI=1S/C30H23N7O5S/c1-18-6-2-5-9-24(18)32-28(40)23-16-25(21-7-3-4-8-22(21)27(23)39)42-30(41)36-15-14-31-26(36)17-43-29-33-34-35-37(29)19-10-12-20(38)13-11-19/h2-16,38-39H,17H2,1H3,(H,32,40). The number of anilines is 1. The zero-order valence-corrected chi connectivity index (χ0v) is 23.4. The molecule has 0 saturated carbocycles. The van der Waals surface area contributed by atoms with Crippen molar-refractivity contribution in [2.75, 3.05) is 5.32 Å². The number of hydrogen-bond donors (Lipinski definition) is 3. The fourth-order valence-electron chi connectivity index (χ4n) is 4.39. The maximum Gasteiger partial charge on any atom is 0.424 e. The van der Waals surface area contributed by atoms with Gasteiger partial charge < -0.3 is 20.3 Å². The Balaban J connectivity index is 1.25. The topological polar surface area (TPSA) is 157 Å².